The van der Waals surface area contributed by atoms with E-state index < -0.39 is 23.5 Å². The van der Waals surface area contributed by atoms with Crippen molar-refractivity contribution in [1.29, 1.82) is 0 Å². The Morgan fingerprint density at radius 2 is 2.19 bits per heavy atom. The predicted octanol–water partition coefficient (Wildman–Crippen LogP) is 1.68. The van der Waals surface area contributed by atoms with Gasteiger partial charge in [-0.05, 0) is 31.4 Å². The van der Waals surface area contributed by atoms with Crippen molar-refractivity contribution in [2.24, 2.45) is 0 Å². The lowest BCUT2D eigenvalue weighted by molar-refractivity contribution is -0.174. The van der Waals surface area contributed by atoms with Gasteiger partial charge < -0.3 is 14.2 Å². The number of nitrogens with zero attached hydrogens (tertiary/aromatic N) is 1. The van der Waals surface area contributed by atoms with Crippen LogP contribution < -0.4 is 0 Å². The van der Waals surface area contributed by atoms with Crippen LogP contribution in [-0.2, 0) is 28.6 Å². The van der Waals surface area contributed by atoms with Crippen molar-refractivity contribution in [3.05, 3.63) is 35.5 Å². The van der Waals surface area contributed by atoms with Gasteiger partial charge in [-0.25, -0.2) is 9.59 Å². The third kappa shape index (κ3) is 3.56. The Morgan fingerprint density at radius 3 is 2.85 bits per heavy atom. The number of esters is 3. The SMILES string of the molecule is C=C1C/C(=C\C)C(=O)O[C@@H]2CCN3CC=C(COC(=O)[C@@]1(C)OC(C)=O)[C@H]23. The first-order chi connectivity index (χ1) is 12.8. The summed E-state index contributed by atoms with van der Waals surface area (Å²) in [5.74, 6) is -1.76. The lowest BCUT2D eigenvalue weighted by atomic mass is 9.90. The summed E-state index contributed by atoms with van der Waals surface area (Å²) in [5, 5.41) is 0. The van der Waals surface area contributed by atoms with Crippen LogP contribution in [0.5, 0.6) is 0 Å². The van der Waals surface area contributed by atoms with Crippen LogP contribution in [0.1, 0.15) is 33.6 Å². The van der Waals surface area contributed by atoms with Gasteiger partial charge in [-0.15, -0.1) is 0 Å². The van der Waals surface area contributed by atoms with Crippen LogP contribution >= 0.6 is 0 Å². The summed E-state index contributed by atoms with van der Waals surface area (Å²) in [5.41, 5.74) is -0.142. The highest BCUT2D eigenvalue weighted by molar-refractivity contribution is 5.91. The quantitative estimate of drug-likeness (QED) is 0.298. The van der Waals surface area contributed by atoms with E-state index in [1.165, 1.54) is 13.8 Å². The first kappa shape index (κ1) is 19.4. The largest absolute Gasteiger partial charge is 0.458 e. The molecular weight excluding hydrogens is 350 g/mol. The number of cyclic esters (lactones) is 1. The van der Waals surface area contributed by atoms with E-state index in [2.05, 4.69) is 11.5 Å². The van der Waals surface area contributed by atoms with Crippen LogP contribution in [0.25, 0.3) is 0 Å². The minimum atomic E-state index is -1.67. The molecule has 3 rings (SSSR count). The molecule has 0 aromatic heterocycles. The van der Waals surface area contributed by atoms with E-state index in [0.29, 0.717) is 5.57 Å². The van der Waals surface area contributed by atoms with E-state index in [4.69, 9.17) is 14.2 Å². The van der Waals surface area contributed by atoms with Crippen molar-refractivity contribution in [2.75, 3.05) is 19.7 Å². The number of carbonyl (C=O) groups is 3. The van der Waals surface area contributed by atoms with Crippen molar-refractivity contribution in [1.82, 2.24) is 4.90 Å². The van der Waals surface area contributed by atoms with Gasteiger partial charge in [-0.2, -0.15) is 0 Å². The molecule has 0 bridgehead atoms. The second-order valence-electron chi connectivity index (χ2n) is 7.25. The molecule has 0 aliphatic carbocycles. The van der Waals surface area contributed by atoms with Gasteiger partial charge in [-0.1, -0.05) is 18.7 Å². The topological polar surface area (TPSA) is 82.1 Å². The van der Waals surface area contributed by atoms with Gasteiger partial charge in [0.25, 0.3) is 0 Å². The fraction of sp³-hybridized carbons (Fsp3) is 0.550. The molecule has 3 atom stereocenters. The van der Waals surface area contributed by atoms with Gasteiger partial charge >= 0.3 is 17.9 Å². The van der Waals surface area contributed by atoms with Crippen LogP contribution in [0.2, 0.25) is 0 Å². The van der Waals surface area contributed by atoms with E-state index in [-0.39, 0.29) is 30.7 Å². The number of rotatable bonds is 1. The van der Waals surface area contributed by atoms with Gasteiger partial charge in [0.05, 0.1) is 6.04 Å². The molecule has 0 amide bonds. The molecule has 0 spiro atoms. The van der Waals surface area contributed by atoms with Crippen LogP contribution in [-0.4, -0.2) is 60.3 Å². The minimum Gasteiger partial charge on any atom is -0.458 e. The maximum atomic E-state index is 12.8. The highest BCUT2D eigenvalue weighted by atomic mass is 16.6. The molecule has 7 nitrogen and oxygen atoms in total. The van der Waals surface area contributed by atoms with Crippen molar-refractivity contribution in [3.63, 3.8) is 0 Å². The Hall–Kier alpha value is -2.41. The number of ether oxygens (including phenoxy) is 3. The zero-order valence-corrected chi connectivity index (χ0v) is 15.9. The normalized spacial score (nSPS) is 33.5. The first-order valence-electron chi connectivity index (χ1n) is 9.10. The Balaban J connectivity index is 1.95. The molecule has 7 heteroatoms. The van der Waals surface area contributed by atoms with Crippen molar-refractivity contribution in [3.8, 4) is 0 Å². The number of hydrogen-bond donors (Lipinski definition) is 0. The lowest BCUT2D eigenvalue weighted by Gasteiger charge is -2.31. The van der Waals surface area contributed by atoms with Crippen molar-refractivity contribution in [2.45, 2.75) is 51.4 Å². The van der Waals surface area contributed by atoms with E-state index in [0.717, 1.165) is 25.1 Å². The molecule has 0 saturated carbocycles. The van der Waals surface area contributed by atoms with Crippen LogP contribution in [0, 0.1) is 0 Å². The average Bonchev–Trinajstić information content (AvgIpc) is 3.18. The Morgan fingerprint density at radius 1 is 1.44 bits per heavy atom. The van der Waals surface area contributed by atoms with Gasteiger partial charge in [-0.3, -0.25) is 9.69 Å². The standard InChI is InChI=1S/C20H25NO6/c1-5-14-10-12(2)20(4,27-13(3)22)19(24)25-11-15-6-8-21-9-7-16(17(15)21)26-18(14)23/h5-6,16-17H,2,7-11H2,1,3-4H3/b14-5+/t16-,17-,20+/m1/s1. The van der Waals surface area contributed by atoms with E-state index in [9.17, 15) is 14.4 Å². The molecule has 0 N–H and O–H groups in total. The zero-order chi connectivity index (χ0) is 19.8. The first-order valence-corrected chi connectivity index (χ1v) is 9.10. The molecule has 0 aromatic rings. The molecule has 146 valence electrons. The van der Waals surface area contributed by atoms with Crippen molar-refractivity contribution < 1.29 is 28.6 Å². The van der Waals surface area contributed by atoms with E-state index >= 15 is 0 Å². The summed E-state index contributed by atoms with van der Waals surface area (Å²) in [6, 6.07) is -0.0811. The predicted molar refractivity (Wildman–Crippen MR) is 96.6 cm³/mol. The average molecular weight is 375 g/mol. The summed E-state index contributed by atoms with van der Waals surface area (Å²) in [7, 11) is 0. The summed E-state index contributed by atoms with van der Waals surface area (Å²) < 4.78 is 16.6. The zero-order valence-electron chi connectivity index (χ0n) is 15.9. The lowest BCUT2D eigenvalue weighted by Crippen LogP contribution is -2.45. The molecule has 2 saturated heterocycles. The smallest absolute Gasteiger partial charge is 0.355 e. The monoisotopic (exact) mass is 375 g/mol. The number of carbonyl (C=O) groups excluding carboxylic acids is 3. The molecule has 0 aromatic carbocycles. The molecule has 3 heterocycles. The van der Waals surface area contributed by atoms with Gasteiger partial charge in [0, 0.05) is 32.0 Å². The second kappa shape index (κ2) is 7.31. The van der Waals surface area contributed by atoms with Gasteiger partial charge in [0.15, 0.2) is 0 Å². The highest BCUT2D eigenvalue weighted by Gasteiger charge is 2.46. The fourth-order valence-corrected chi connectivity index (χ4v) is 3.86. The Kier molecular flexibility index (Phi) is 5.24. The summed E-state index contributed by atoms with van der Waals surface area (Å²) in [6.07, 6.45) is 4.16. The third-order valence-electron chi connectivity index (χ3n) is 5.47. The molecule has 0 unspecified atom stereocenters. The van der Waals surface area contributed by atoms with Gasteiger partial charge in [0.1, 0.15) is 12.7 Å². The molecule has 3 aliphatic rings. The Labute approximate surface area is 158 Å². The number of allylic oxidation sites excluding steroid dienone is 1. The summed E-state index contributed by atoms with van der Waals surface area (Å²) in [6.45, 7) is 9.89. The molecule has 3 aliphatic heterocycles. The van der Waals surface area contributed by atoms with Crippen LogP contribution in [0.4, 0.5) is 0 Å². The highest BCUT2D eigenvalue weighted by Crippen LogP contribution is 2.34. The Bertz CT molecular complexity index is 752. The maximum Gasteiger partial charge on any atom is 0.355 e. The maximum absolute atomic E-state index is 12.8. The van der Waals surface area contributed by atoms with E-state index in [1.807, 2.05) is 6.08 Å². The summed E-state index contributed by atoms with van der Waals surface area (Å²) in [4.78, 5) is 39.3. The van der Waals surface area contributed by atoms with Crippen molar-refractivity contribution >= 4 is 17.9 Å². The minimum absolute atomic E-state index is 0.0536. The fourth-order valence-electron chi connectivity index (χ4n) is 3.86. The van der Waals surface area contributed by atoms with E-state index in [1.54, 1.807) is 13.0 Å². The third-order valence-corrected chi connectivity index (χ3v) is 5.47. The van der Waals surface area contributed by atoms with Crippen LogP contribution in [0.3, 0.4) is 0 Å². The molecule has 27 heavy (non-hydrogen) atoms. The molecule has 2 fully saturated rings. The van der Waals surface area contributed by atoms with Crippen LogP contribution in [0.15, 0.2) is 35.5 Å². The summed E-state index contributed by atoms with van der Waals surface area (Å²) >= 11 is 0. The molecule has 0 radical (unpaired) electrons. The van der Waals surface area contributed by atoms with Gasteiger partial charge in [0.2, 0.25) is 5.60 Å². The second-order valence-corrected chi connectivity index (χ2v) is 7.25. The molecular formula is C20H25NO6. The number of hydrogen-bond acceptors (Lipinski definition) is 7.